The molecule has 1 aromatic heterocycles. The lowest BCUT2D eigenvalue weighted by Crippen LogP contribution is -2.15. The second kappa shape index (κ2) is 5.55. The lowest BCUT2D eigenvalue weighted by Gasteiger charge is -2.10. The Labute approximate surface area is 102 Å². The summed E-state index contributed by atoms with van der Waals surface area (Å²) in [6, 6.07) is 10.3. The number of benzene rings is 1. The number of hydrogen-bond acceptors (Lipinski definition) is 3. The van der Waals surface area contributed by atoms with E-state index < -0.39 is 0 Å². The predicted octanol–water partition coefficient (Wildman–Crippen LogP) is 2.38. The van der Waals surface area contributed by atoms with E-state index >= 15 is 0 Å². The molecule has 1 N–H and O–H groups in total. The first-order valence-corrected chi connectivity index (χ1v) is 5.80. The summed E-state index contributed by atoms with van der Waals surface area (Å²) in [4.78, 5) is 0. The van der Waals surface area contributed by atoms with E-state index in [1.165, 1.54) is 16.7 Å². The zero-order chi connectivity index (χ0) is 12.1. The molecule has 0 saturated heterocycles. The Morgan fingerprint density at radius 2 is 1.76 bits per heavy atom. The van der Waals surface area contributed by atoms with Crippen LogP contribution < -0.4 is 5.32 Å². The molecule has 0 aliphatic rings. The van der Waals surface area contributed by atoms with Gasteiger partial charge < -0.3 is 5.32 Å². The molecular weight excluding hydrogens is 210 g/mol. The Hall–Kier alpha value is -1.74. The quantitative estimate of drug-likeness (QED) is 0.871. The average Bonchev–Trinajstić information content (AvgIpc) is 2.34. The van der Waals surface area contributed by atoms with Gasteiger partial charge in [0.05, 0.1) is 5.69 Å². The molecule has 1 aromatic carbocycles. The maximum atomic E-state index is 4.04. The molecule has 0 spiro atoms. The molecule has 88 valence electrons. The number of aryl methyl sites for hydroxylation is 2. The van der Waals surface area contributed by atoms with E-state index in [-0.39, 0.29) is 0 Å². The largest absolute Gasteiger partial charge is 0.307 e. The molecule has 0 amide bonds. The van der Waals surface area contributed by atoms with Crippen molar-refractivity contribution in [3.05, 3.63) is 58.9 Å². The fourth-order valence-electron chi connectivity index (χ4n) is 1.87. The molecule has 3 heteroatoms. The summed E-state index contributed by atoms with van der Waals surface area (Å²) in [6.45, 7) is 5.91. The molecule has 0 fully saturated rings. The molecule has 0 atom stereocenters. The van der Waals surface area contributed by atoms with Crippen LogP contribution in [0.5, 0.6) is 0 Å². The number of rotatable bonds is 4. The first-order chi connectivity index (χ1) is 8.27. The molecule has 17 heavy (non-hydrogen) atoms. The minimum absolute atomic E-state index is 0.752. The third-order valence-corrected chi connectivity index (χ3v) is 2.88. The van der Waals surface area contributed by atoms with E-state index in [2.05, 4.69) is 47.6 Å². The first kappa shape index (κ1) is 11.7. The Balaban J connectivity index is 1.95. The summed E-state index contributed by atoms with van der Waals surface area (Å²) < 4.78 is 0. The zero-order valence-electron chi connectivity index (χ0n) is 10.3. The van der Waals surface area contributed by atoms with E-state index in [1.807, 2.05) is 12.1 Å². The number of nitrogens with one attached hydrogen (secondary N) is 1. The van der Waals surface area contributed by atoms with Crippen molar-refractivity contribution in [1.29, 1.82) is 0 Å². The summed E-state index contributed by atoms with van der Waals surface area (Å²) in [7, 11) is 0. The van der Waals surface area contributed by atoms with Gasteiger partial charge in [-0.3, -0.25) is 0 Å². The van der Waals surface area contributed by atoms with Crippen molar-refractivity contribution in [1.82, 2.24) is 15.5 Å². The van der Waals surface area contributed by atoms with Crippen LogP contribution in [0.15, 0.2) is 36.5 Å². The lowest BCUT2D eigenvalue weighted by atomic mass is 10.0. The zero-order valence-corrected chi connectivity index (χ0v) is 10.3. The summed E-state index contributed by atoms with van der Waals surface area (Å²) in [5.41, 5.74) is 5.00. The number of nitrogens with zero attached hydrogens (tertiary/aromatic N) is 2. The van der Waals surface area contributed by atoms with Crippen LogP contribution in [0.25, 0.3) is 0 Å². The van der Waals surface area contributed by atoms with Crippen LogP contribution in [-0.2, 0) is 13.1 Å². The minimum atomic E-state index is 0.752. The van der Waals surface area contributed by atoms with Gasteiger partial charge in [-0.15, -0.1) is 0 Å². The molecule has 2 rings (SSSR count). The van der Waals surface area contributed by atoms with Gasteiger partial charge in [-0.1, -0.05) is 18.2 Å². The summed E-state index contributed by atoms with van der Waals surface area (Å²) in [5.74, 6) is 0. The van der Waals surface area contributed by atoms with Gasteiger partial charge in [0, 0.05) is 19.3 Å². The van der Waals surface area contributed by atoms with E-state index in [0.717, 1.165) is 18.8 Å². The monoisotopic (exact) mass is 227 g/mol. The van der Waals surface area contributed by atoms with Crippen LogP contribution in [-0.4, -0.2) is 10.2 Å². The SMILES string of the molecule is Cc1cccc(C)c1CNCc1cccnn1. The van der Waals surface area contributed by atoms with Gasteiger partial charge in [-0.05, 0) is 42.7 Å². The van der Waals surface area contributed by atoms with Crippen molar-refractivity contribution in [2.75, 3.05) is 0 Å². The van der Waals surface area contributed by atoms with Gasteiger partial charge in [-0.2, -0.15) is 10.2 Å². The molecule has 0 bridgehead atoms. The summed E-state index contributed by atoms with van der Waals surface area (Å²) >= 11 is 0. The van der Waals surface area contributed by atoms with Crippen LogP contribution in [0.4, 0.5) is 0 Å². The third-order valence-electron chi connectivity index (χ3n) is 2.88. The molecule has 0 saturated carbocycles. The highest BCUT2D eigenvalue weighted by Crippen LogP contribution is 2.12. The molecule has 3 nitrogen and oxygen atoms in total. The van der Waals surface area contributed by atoms with Crippen LogP contribution in [0.3, 0.4) is 0 Å². The molecule has 0 unspecified atom stereocenters. The van der Waals surface area contributed by atoms with Gasteiger partial charge >= 0.3 is 0 Å². The Bertz CT molecular complexity index is 460. The summed E-state index contributed by atoms with van der Waals surface area (Å²) in [5, 5.41) is 11.3. The standard InChI is InChI=1S/C14H17N3/c1-11-5-3-6-12(2)14(11)10-15-9-13-7-4-8-16-17-13/h3-8,15H,9-10H2,1-2H3. The minimum Gasteiger partial charge on any atom is -0.307 e. The second-order valence-corrected chi connectivity index (χ2v) is 4.19. The van der Waals surface area contributed by atoms with Crippen molar-refractivity contribution in [3.8, 4) is 0 Å². The van der Waals surface area contributed by atoms with Crippen LogP contribution in [0, 0.1) is 13.8 Å². The van der Waals surface area contributed by atoms with Gasteiger partial charge in [0.1, 0.15) is 0 Å². The summed E-state index contributed by atoms with van der Waals surface area (Å²) in [6.07, 6.45) is 1.69. The molecular formula is C14H17N3. The van der Waals surface area contributed by atoms with Crippen molar-refractivity contribution in [2.45, 2.75) is 26.9 Å². The number of aromatic nitrogens is 2. The Morgan fingerprint density at radius 3 is 2.41 bits per heavy atom. The van der Waals surface area contributed by atoms with Gasteiger partial charge in [0.15, 0.2) is 0 Å². The highest BCUT2D eigenvalue weighted by atomic mass is 15.1. The third kappa shape index (κ3) is 3.11. The molecule has 0 aliphatic carbocycles. The molecule has 0 aliphatic heterocycles. The van der Waals surface area contributed by atoms with E-state index in [4.69, 9.17) is 0 Å². The number of hydrogen-bond donors (Lipinski definition) is 1. The van der Waals surface area contributed by atoms with E-state index in [9.17, 15) is 0 Å². The van der Waals surface area contributed by atoms with E-state index in [0.29, 0.717) is 0 Å². The average molecular weight is 227 g/mol. The molecule has 0 radical (unpaired) electrons. The smallest absolute Gasteiger partial charge is 0.0769 e. The van der Waals surface area contributed by atoms with Crippen molar-refractivity contribution < 1.29 is 0 Å². The second-order valence-electron chi connectivity index (χ2n) is 4.19. The fraction of sp³-hybridized carbons (Fsp3) is 0.286. The fourth-order valence-corrected chi connectivity index (χ4v) is 1.87. The first-order valence-electron chi connectivity index (χ1n) is 5.80. The van der Waals surface area contributed by atoms with Crippen molar-refractivity contribution in [3.63, 3.8) is 0 Å². The normalized spacial score (nSPS) is 10.5. The van der Waals surface area contributed by atoms with Gasteiger partial charge in [0.25, 0.3) is 0 Å². The van der Waals surface area contributed by atoms with Crippen molar-refractivity contribution in [2.24, 2.45) is 0 Å². The highest BCUT2D eigenvalue weighted by molar-refractivity contribution is 5.33. The Morgan fingerprint density at radius 1 is 1.00 bits per heavy atom. The Kier molecular flexibility index (Phi) is 3.83. The van der Waals surface area contributed by atoms with Crippen LogP contribution in [0.2, 0.25) is 0 Å². The lowest BCUT2D eigenvalue weighted by molar-refractivity contribution is 0.665. The molecule has 2 aromatic rings. The van der Waals surface area contributed by atoms with Crippen LogP contribution >= 0.6 is 0 Å². The maximum Gasteiger partial charge on any atom is 0.0769 e. The topological polar surface area (TPSA) is 37.8 Å². The predicted molar refractivity (Wildman–Crippen MR) is 68.5 cm³/mol. The van der Waals surface area contributed by atoms with Crippen LogP contribution in [0.1, 0.15) is 22.4 Å². The highest BCUT2D eigenvalue weighted by Gasteiger charge is 2.01. The van der Waals surface area contributed by atoms with Gasteiger partial charge in [0.2, 0.25) is 0 Å². The van der Waals surface area contributed by atoms with Crippen molar-refractivity contribution >= 4 is 0 Å². The molecule has 1 heterocycles. The van der Waals surface area contributed by atoms with E-state index in [1.54, 1.807) is 6.20 Å². The van der Waals surface area contributed by atoms with Gasteiger partial charge in [-0.25, -0.2) is 0 Å². The maximum absolute atomic E-state index is 4.04.